The number of pyridine rings is 1. The largest absolute Gasteiger partial charge is 0.376 e. The highest BCUT2D eigenvalue weighted by atomic mass is 16.5. The number of ether oxygens (including phenoxy) is 1. The predicted octanol–water partition coefficient (Wildman–Crippen LogP) is 2.56. The van der Waals surface area contributed by atoms with E-state index in [0.717, 1.165) is 56.4 Å². The summed E-state index contributed by atoms with van der Waals surface area (Å²) in [6.45, 7) is 6.58. The van der Waals surface area contributed by atoms with Crippen LogP contribution in [-0.4, -0.2) is 65.6 Å². The minimum atomic E-state index is 0.0607. The zero-order valence-electron chi connectivity index (χ0n) is 14.7. The smallest absolute Gasteiger partial charge is 0.273 e. The van der Waals surface area contributed by atoms with Gasteiger partial charge in [-0.2, -0.15) is 0 Å². The third kappa shape index (κ3) is 3.39. The van der Waals surface area contributed by atoms with Crippen molar-refractivity contribution in [3.05, 3.63) is 42.2 Å². The van der Waals surface area contributed by atoms with Gasteiger partial charge in [-0.15, -0.1) is 0 Å². The lowest BCUT2D eigenvalue weighted by molar-refractivity contribution is -0.0423. The van der Waals surface area contributed by atoms with Gasteiger partial charge in [0.25, 0.3) is 5.91 Å². The molecule has 0 aliphatic carbocycles. The van der Waals surface area contributed by atoms with Crippen molar-refractivity contribution in [2.24, 2.45) is 0 Å². The molecule has 5 nitrogen and oxygen atoms in total. The Kier molecular flexibility index (Phi) is 4.68. The van der Waals surface area contributed by atoms with Crippen molar-refractivity contribution >= 4 is 16.7 Å². The molecule has 25 heavy (non-hydrogen) atoms. The van der Waals surface area contributed by atoms with Gasteiger partial charge in [0.1, 0.15) is 5.69 Å². The predicted molar refractivity (Wildman–Crippen MR) is 97.7 cm³/mol. The molecule has 2 aliphatic heterocycles. The molecule has 3 heterocycles. The maximum absolute atomic E-state index is 13.0. The Balaban J connectivity index is 1.44. The van der Waals surface area contributed by atoms with Crippen molar-refractivity contribution in [1.29, 1.82) is 0 Å². The van der Waals surface area contributed by atoms with Crippen LogP contribution in [0.3, 0.4) is 0 Å². The average molecular weight is 339 g/mol. The first-order valence-corrected chi connectivity index (χ1v) is 9.21. The first-order valence-electron chi connectivity index (χ1n) is 9.21. The summed E-state index contributed by atoms with van der Waals surface area (Å²) in [5.74, 6) is 0.0607. The molecule has 0 bridgehead atoms. The second-order valence-electron chi connectivity index (χ2n) is 7.08. The van der Waals surface area contributed by atoms with Crippen LogP contribution in [0.1, 0.15) is 30.3 Å². The van der Waals surface area contributed by atoms with E-state index in [2.05, 4.69) is 16.8 Å². The Morgan fingerprint density at radius 1 is 1.16 bits per heavy atom. The van der Waals surface area contributed by atoms with Crippen molar-refractivity contribution in [1.82, 2.24) is 14.8 Å². The molecule has 2 fully saturated rings. The SMILES string of the molecule is C[C@H]1CN(C2CCN(C(=O)c3nccc4ccccc34)CC2)CCO1. The zero-order chi connectivity index (χ0) is 17.2. The number of piperidine rings is 1. The fourth-order valence-corrected chi connectivity index (χ4v) is 4.05. The van der Waals surface area contributed by atoms with Crippen LogP contribution in [-0.2, 0) is 4.74 Å². The van der Waals surface area contributed by atoms with Gasteiger partial charge in [-0.05, 0) is 31.2 Å². The Labute approximate surface area is 148 Å². The van der Waals surface area contributed by atoms with E-state index in [9.17, 15) is 4.79 Å². The van der Waals surface area contributed by atoms with Gasteiger partial charge in [0.05, 0.1) is 12.7 Å². The number of hydrogen-bond donors (Lipinski definition) is 0. The summed E-state index contributed by atoms with van der Waals surface area (Å²) in [7, 11) is 0. The lowest BCUT2D eigenvalue weighted by Gasteiger charge is -2.41. The molecule has 2 saturated heterocycles. The summed E-state index contributed by atoms with van der Waals surface area (Å²) in [5.41, 5.74) is 0.580. The van der Waals surface area contributed by atoms with Gasteiger partial charge in [-0.3, -0.25) is 14.7 Å². The van der Waals surface area contributed by atoms with Crippen molar-refractivity contribution in [2.45, 2.75) is 31.9 Å². The molecule has 0 spiro atoms. The minimum absolute atomic E-state index is 0.0607. The Morgan fingerprint density at radius 2 is 1.96 bits per heavy atom. The lowest BCUT2D eigenvalue weighted by Crippen LogP contribution is -2.51. The normalized spacial score (nSPS) is 23.1. The molecule has 0 N–H and O–H groups in total. The number of benzene rings is 1. The van der Waals surface area contributed by atoms with Crippen LogP contribution in [0.15, 0.2) is 36.5 Å². The van der Waals surface area contributed by atoms with E-state index in [-0.39, 0.29) is 5.91 Å². The van der Waals surface area contributed by atoms with Crippen molar-refractivity contribution in [3.63, 3.8) is 0 Å². The standard InChI is InChI=1S/C20H25N3O2/c1-15-14-23(12-13-25-15)17-7-10-22(11-8-17)20(24)19-18-5-3-2-4-16(18)6-9-21-19/h2-6,9,15,17H,7-8,10-14H2,1H3/t15-/m0/s1. The van der Waals surface area contributed by atoms with Gasteiger partial charge in [0.15, 0.2) is 0 Å². The highest BCUT2D eigenvalue weighted by Crippen LogP contribution is 2.23. The van der Waals surface area contributed by atoms with Crippen LogP contribution in [0.25, 0.3) is 10.8 Å². The molecule has 4 rings (SSSR count). The Hall–Kier alpha value is -1.98. The molecule has 132 valence electrons. The molecule has 1 amide bonds. The van der Waals surface area contributed by atoms with E-state index in [1.807, 2.05) is 35.2 Å². The summed E-state index contributed by atoms with van der Waals surface area (Å²) < 4.78 is 5.64. The number of hydrogen-bond acceptors (Lipinski definition) is 4. The van der Waals surface area contributed by atoms with Crippen LogP contribution >= 0.6 is 0 Å². The molecule has 1 aromatic heterocycles. The molecule has 1 atom stereocenters. The van der Waals surface area contributed by atoms with E-state index in [4.69, 9.17) is 4.74 Å². The third-order valence-corrected chi connectivity index (χ3v) is 5.42. The number of fused-ring (bicyclic) bond motifs is 1. The first-order chi connectivity index (χ1) is 12.2. The maximum atomic E-state index is 13.0. The second-order valence-corrected chi connectivity index (χ2v) is 7.08. The van der Waals surface area contributed by atoms with Crippen molar-refractivity contribution in [3.8, 4) is 0 Å². The van der Waals surface area contributed by atoms with Crippen molar-refractivity contribution in [2.75, 3.05) is 32.8 Å². The summed E-state index contributed by atoms with van der Waals surface area (Å²) in [4.78, 5) is 21.9. The minimum Gasteiger partial charge on any atom is -0.376 e. The number of likely N-dealkylation sites (tertiary alicyclic amines) is 1. The summed E-state index contributed by atoms with van der Waals surface area (Å²) in [6.07, 6.45) is 4.11. The van der Waals surface area contributed by atoms with Crippen molar-refractivity contribution < 1.29 is 9.53 Å². The number of amides is 1. The summed E-state index contributed by atoms with van der Waals surface area (Å²) in [5, 5.41) is 2.01. The number of aromatic nitrogens is 1. The van der Waals surface area contributed by atoms with Gasteiger partial charge in [0, 0.05) is 43.8 Å². The fourth-order valence-electron chi connectivity index (χ4n) is 4.05. The number of nitrogens with zero attached hydrogens (tertiary/aromatic N) is 3. The number of carbonyl (C=O) groups excluding carboxylic acids is 1. The van der Waals surface area contributed by atoms with Crippen LogP contribution < -0.4 is 0 Å². The van der Waals surface area contributed by atoms with E-state index >= 15 is 0 Å². The Morgan fingerprint density at radius 3 is 2.76 bits per heavy atom. The molecule has 1 aromatic carbocycles. The average Bonchev–Trinajstić information content (AvgIpc) is 2.67. The quantitative estimate of drug-likeness (QED) is 0.844. The van der Waals surface area contributed by atoms with E-state index < -0.39 is 0 Å². The molecule has 5 heteroatoms. The molecule has 0 saturated carbocycles. The van der Waals surface area contributed by atoms with Crippen LogP contribution in [0.5, 0.6) is 0 Å². The van der Waals surface area contributed by atoms with E-state index in [1.165, 1.54) is 0 Å². The van der Waals surface area contributed by atoms with Gasteiger partial charge in [-0.1, -0.05) is 24.3 Å². The molecule has 2 aromatic rings. The number of rotatable bonds is 2. The van der Waals surface area contributed by atoms with Gasteiger partial charge < -0.3 is 9.64 Å². The zero-order valence-corrected chi connectivity index (χ0v) is 14.7. The first kappa shape index (κ1) is 16.5. The van der Waals surface area contributed by atoms with Crippen LogP contribution in [0.4, 0.5) is 0 Å². The summed E-state index contributed by atoms with van der Waals surface area (Å²) >= 11 is 0. The highest BCUT2D eigenvalue weighted by molar-refractivity contribution is 6.05. The maximum Gasteiger partial charge on any atom is 0.273 e. The van der Waals surface area contributed by atoms with Gasteiger partial charge >= 0.3 is 0 Å². The monoisotopic (exact) mass is 339 g/mol. The summed E-state index contributed by atoms with van der Waals surface area (Å²) in [6, 6.07) is 10.5. The fraction of sp³-hybridized carbons (Fsp3) is 0.500. The second kappa shape index (κ2) is 7.10. The Bertz CT molecular complexity index is 750. The van der Waals surface area contributed by atoms with Gasteiger partial charge in [0.2, 0.25) is 0 Å². The molecular formula is C20H25N3O2. The highest BCUT2D eigenvalue weighted by Gasteiger charge is 2.30. The molecular weight excluding hydrogens is 314 g/mol. The van der Waals surface area contributed by atoms with E-state index in [1.54, 1.807) is 6.20 Å². The molecule has 0 radical (unpaired) electrons. The van der Waals surface area contributed by atoms with Crippen LogP contribution in [0.2, 0.25) is 0 Å². The van der Waals surface area contributed by atoms with Gasteiger partial charge in [-0.25, -0.2) is 0 Å². The molecule has 2 aliphatic rings. The number of carbonyl (C=O) groups is 1. The van der Waals surface area contributed by atoms with Crippen LogP contribution in [0, 0.1) is 0 Å². The van der Waals surface area contributed by atoms with E-state index in [0.29, 0.717) is 17.8 Å². The third-order valence-electron chi connectivity index (χ3n) is 5.42. The lowest BCUT2D eigenvalue weighted by atomic mass is 10.0. The number of morpholine rings is 1. The topological polar surface area (TPSA) is 45.7 Å². The molecule has 0 unspecified atom stereocenters.